The minimum Gasteiger partial charge on any atom is -0.335 e. The molecule has 2 aromatic rings. The van der Waals surface area contributed by atoms with E-state index in [0.29, 0.717) is 11.7 Å². The topological polar surface area (TPSA) is 53.4 Å². The van der Waals surface area contributed by atoms with Crippen molar-refractivity contribution in [3.63, 3.8) is 0 Å². The number of nitrogens with one attached hydrogen (secondary N) is 1. The van der Waals surface area contributed by atoms with Crippen LogP contribution in [0.25, 0.3) is 0 Å². The Balaban J connectivity index is 0.00000225. The average Bonchev–Trinajstić information content (AvgIpc) is 3.21. The summed E-state index contributed by atoms with van der Waals surface area (Å²) in [5.41, 5.74) is 3.28. The van der Waals surface area contributed by atoms with Crippen LogP contribution in [-0.2, 0) is 6.54 Å². The lowest BCUT2D eigenvalue weighted by Crippen LogP contribution is -2.48. The van der Waals surface area contributed by atoms with E-state index in [4.69, 9.17) is 0 Å². The summed E-state index contributed by atoms with van der Waals surface area (Å²) < 4.78 is 1.97. The number of halogens is 1. The number of benzene rings is 1. The van der Waals surface area contributed by atoms with Crippen molar-refractivity contribution in [2.75, 3.05) is 39.3 Å². The molecule has 2 aliphatic heterocycles. The highest BCUT2D eigenvalue weighted by Gasteiger charge is 2.25. The van der Waals surface area contributed by atoms with Crippen molar-refractivity contribution in [1.29, 1.82) is 0 Å². The highest BCUT2D eigenvalue weighted by molar-refractivity contribution is 5.92. The van der Waals surface area contributed by atoms with E-state index < -0.39 is 0 Å². The summed E-state index contributed by atoms with van der Waals surface area (Å²) in [5.74, 6) is 0.0630. The summed E-state index contributed by atoms with van der Waals surface area (Å²) in [6.07, 6.45) is 4.25. The van der Waals surface area contributed by atoms with Crippen molar-refractivity contribution in [2.24, 2.45) is 0 Å². The Morgan fingerprint density at radius 3 is 2.68 bits per heavy atom. The second-order valence-corrected chi connectivity index (χ2v) is 7.68. The van der Waals surface area contributed by atoms with Gasteiger partial charge in [-0.1, -0.05) is 24.3 Å². The Kier molecular flexibility index (Phi) is 7.10. The number of nitrogens with zero attached hydrogens (tertiary/aromatic N) is 4. The minimum absolute atomic E-state index is 0. The molecule has 2 saturated heterocycles. The van der Waals surface area contributed by atoms with Crippen LogP contribution in [0.3, 0.4) is 0 Å². The number of rotatable bonds is 4. The molecule has 0 bridgehead atoms. The number of aryl methyl sites for hydroxylation is 1. The van der Waals surface area contributed by atoms with Gasteiger partial charge in [-0.15, -0.1) is 12.4 Å². The molecule has 4 rings (SSSR count). The fraction of sp³-hybridized carbons (Fsp3) is 0.524. The summed E-state index contributed by atoms with van der Waals surface area (Å²) in [6, 6.07) is 10.8. The number of piperidine rings is 1. The summed E-state index contributed by atoms with van der Waals surface area (Å²) in [6.45, 7) is 8.49. The number of carbonyl (C=O) groups excluding carboxylic acids is 1. The van der Waals surface area contributed by atoms with Gasteiger partial charge >= 0.3 is 0 Å². The quantitative estimate of drug-likeness (QED) is 0.852. The molecule has 0 radical (unpaired) electrons. The molecule has 7 heteroatoms. The van der Waals surface area contributed by atoms with Gasteiger partial charge in [0.05, 0.1) is 6.04 Å². The molecule has 1 N–H and O–H groups in total. The van der Waals surface area contributed by atoms with Crippen LogP contribution in [0.2, 0.25) is 0 Å². The lowest BCUT2D eigenvalue weighted by molar-refractivity contribution is 0.0621. The summed E-state index contributed by atoms with van der Waals surface area (Å²) in [7, 11) is 0. The predicted octanol–water partition coefficient (Wildman–Crippen LogP) is 2.50. The number of amides is 1. The van der Waals surface area contributed by atoms with Gasteiger partial charge in [0, 0.05) is 45.5 Å². The molecule has 152 valence electrons. The zero-order chi connectivity index (χ0) is 18.6. The molecule has 1 atom stereocenters. The van der Waals surface area contributed by atoms with Crippen LogP contribution in [0.4, 0.5) is 0 Å². The zero-order valence-corrected chi connectivity index (χ0v) is 17.3. The van der Waals surface area contributed by atoms with Gasteiger partial charge in [-0.25, -0.2) is 0 Å². The van der Waals surface area contributed by atoms with Crippen LogP contribution in [0, 0.1) is 6.92 Å². The highest BCUT2D eigenvalue weighted by atomic mass is 35.5. The van der Waals surface area contributed by atoms with Crippen LogP contribution in [0.5, 0.6) is 0 Å². The lowest BCUT2D eigenvalue weighted by atomic mass is 10.1. The molecule has 2 fully saturated rings. The SMILES string of the molecule is Cc1ccccc1CN1CCN(C(=O)c2ccn(C3CCCNC3)n2)CC1.Cl. The number of piperazine rings is 1. The fourth-order valence-corrected chi connectivity index (χ4v) is 4.01. The van der Waals surface area contributed by atoms with Crippen molar-refractivity contribution in [3.05, 3.63) is 53.3 Å². The maximum absolute atomic E-state index is 12.8. The van der Waals surface area contributed by atoms with E-state index in [9.17, 15) is 4.79 Å². The second-order valence-electron chi connectivity index (χ2n) is 7.68. The van der Waals surface area contributed by atoms with E-state index in [1.807, 2.05) is 21.8 Å². The van der Waals surface area contributed by atoms with Gasteiger partial charge in [0.25, 0.3) is 5.91 Å². The van der Waals surface area contributed by atoms with Gasteiger partial charge < -0.3 is 10.2 Å². The van der Waals surface area contributed by atoms with Crippen LogP contribution in [-0.4, -0.2) is 64.8 Å². The maximum Gasteiger partial charge on any atom is 0.274 e. The van der Waals surface area contributed by atoms with E-state index in [-0.39, 0.29) is 18.3 Å². The van der Waals surface area contributed by atoms with Crippen LogP contribution in [0.15, 0.2) is 36.5 Å². The van der Waals surface area contributed by atoms with Gasteiger partial charge in [-0.3, -0.25) is 14.4 Å². The Labute approximate surface area is 173 Å². The van der Waals surface area contributed by atoms with Crippen LogP contribution < -0.4 is 5.32 Å². The number of aromatic nitrogens is 2. The largest absolute Gasteiger partial charge is 0.335 e. The third kappa shape index (κ3) is 4.74. The molecule has 2 aliphatic rings. The van der Waals surface area contributed by atoms with Gasteiger partial charge in [0.15, 0.2) is 0 Å². The van der Waals surface area contributed by atoms with Crippen molar-refractivity contribution in [1.82, 2.24) is 24.9 Å². The maximum atomic E-state index is 12.8. The first-order valence-corrected chi connectivity index (χ1v) is 10.0. The van der Waals surface area contributed by atoms with Gasteiger partial charge in [0.1, 0.15) is 5.69 Å². The molecule has 0 aliphatic carbocycles. The molecular formula is C21H30ClN5O. The number of carbonyl (C=O) groups is 1. The first-order valence-electron chi connectivity index (χ1n) is 10.0. The molecule has 28 heavy (non-hydrogen) atoms. The van der Waals surface area contributed by atoms with Crippen LogP contribution >= 0.6 is 12.4 Å². The fourth-order valence-electron chi connectivity index (χ4n) is 4.01. The van der Waals surface area contributed by atoms with Crippen molar-refractivity contribution in [2.45, 2.75) is 32.4 Å². The first kappa shape index (κ1) is 20.8. The molecule has 3 heterocycles. The Morgan fingerprint density at radius 2 is 1.96 bits per heavy atom. The summed E-state index contributed by atoms with van der Waals surface area (Å²) in [4.78, 5) is 17.2. The summed E-state index contributed by atoms with van der Waals surface area (Å²) >= 11 is 0. The first-order chi connectivity index (χ1) is 13.2. The molecule has 1 aromatic carbocycles. The molecule has 1 unspecified atom stereocenters. The number of hydrogen-bond acceptors (Lipinski definition) is 4. The average molecular weight is 404 g/mol. The Bertz CT molecular complexity index is 779. The lowest BCUT2D eigenvalue weighted by Gasteiger charge is -2.34. The van der Waals surface area contributed by atoms with Gasteiger partial charge in [0.2, 0.25) is 0 Å². The molecule has 1 amide bonds. The van der Waals surface area contributed by atoms with Crippen LogP contribution in [0.1, 0.15) is 40.5 Å². The van der Waals surface area contributed by atoms with E-state index in [1.54, 1.807) is 0 Å². The van der Waals surface area contributed by atoms with E-state index in [2.05, 4.69) is 46.5 Å². The van der Waals surface area contributed by atoms with E-state index in [0.717, 1.165) is 58.7 Å². The van der Waals surface area contributed by atoms with Crippen molar-refractivity contribution in [3.8, 4) is 0 Å². The van der Waals surface area contributed by atoms with Gasteiger partial charge in [-0.05, 0) is 43.5 Å². The molecule has 0 saturated carbocycles. The molecule has 6 nitrogen and oxygen atoms in total. The minimum atomic E-state index is 0. The van der Waals surface area contributed by atoms with E-state index >= 15 is 0 Å². The molecule has 1 aromatic heterocycles. The molecule has 0 spiro atoms. The predicted molar refractivity (Wildman–Crippen MR) is 113 cm³/mol. The molecular weight excluding hydrogens is 374 g/mol. The third-order valence-electron chi connectivity index (χ3n) is 5.79. The van der Waals surface area contributed by atoms with Crippen molar-refractivity contribution >= 4 is 18.3 Å². The smallest absolute Gasteiger partial charge is 0.274 e. The van der Waals surface area contributed by atoms with E-state index in [1.165, 1.54) is 11.1 Å². The second kappa shape index (κ2) is 9.54. The highest BCUT2D eigenvalue weighted by Crippen LogP contribution is 2.17. The van der Waals surface area contributed by atoms with Crippen molar-refractivity contribution < 1.29 is 4.79 Å². The Morgan fingerprint density at radius 1 is 1.18 bits per heavy atom. The summed E-state index contributed by atoms with van der Waals surface area (Å²) in [5, 5.41) is 7.98. The standard InChI is InChI=1S/C21H29N5O.ClH/c1-17-5-2-3-6-18(17)16-24-11-13-25(14-12-24)21(27)20-8-10-26(23-20)19-7-4-9-22-15-19;/h2-3,5-6,8,10,19,22H,4,7,9,11-16H2,1H3;1H. The monoisotopic (exact) mass is 403 g/mol. The third-order valence-corrected chi connectivity index (χ3v) is 5.79. The zero-order valence-electron chi connectivity index (χ0n) is 16.5. The van der Waals surface area contributed by atoms with Gasteiger partial charge in [-0.2, -0.15) is 5.10 Å². The normalized spacial score (nSPS) is 20.6. The Hall–Kier alpha value is -1.89. The number of hydrogen-bond donors (Lipinski definition) is 1.